The first-order valence-electron chi connectivity index (χ1n) is 6.11. The molecule has 0 aliphatic rings. The Morgan fingerprint density at radius 2 is 2.28 bits per heavy atom. The zero-order valence-electron chi connectivity index (χ0n) is 10.6. The smallest absolute Gasteiger partial charge is 0.109 e. The minimum absolute atomic E-state index is 0.262. The Morgan fingerprint density at radius 1 is 1.44 bits per heavy atom. The molecule has 2 nitrogen and oxygen atoms in total. The highest BCUT2D eigenvalue weighted by molar-refractivity contribution is 7.09. The van der Waals surface area contributed by atoms with Gasteiger partial charge in [-0.25, -0.2) is 4.98 Å². The van der Waals surface area contributed by atoms with E-state index in [-0.39, 0.29) is 6.04 Å². The molecule has 1 aromatic carbocycles. The molecule has 1 aromatic heterocycles. The standard InChI is InChI=1S/C14H17ClN2S/c1-3-13(14-16-7-8-18-14)17-10(2)11-5-4-6-12(15)9-11/h4-10,13,17H,3H2,1-2H3. The molecule has 2 aromatic rings. The highest BCUT2D eigenvalue weighted by Crippen LogP contribution is 2.24. The number of nitrogens with zero attached hydrogens (tertiary/aromatic N) is 1. The summed E-state index contributed by atoms with van der Waals surface area (Å²) >= 11 is 7.72. The summed E-state index contributed by atoms with van der Waals surface area (Å²) in [4.78, 5) is 4.38. The molecule has 1 heterocycles. The number of rotatable bonds is 5. The molecule has 4 heteroatoms. The van der Waals surface area contributed by atoms with Crippen LogP contribution in [0.25, 0.3) is 0 Å². The lowest BCUT2D eigenvalue weighted by atomic mass is 10.1. The van der Waals surface area contributed by atoms with Gasteiger partial charge in [-0.3, -0.25) is 0 Å². The fourth-order valence-corrected chi connectivity index (χ4v) is 2.92. The number of nitrogens with one attached hydrogen (secondary N) is 1. The van der Waals surface area contributed by atoms with Crippen molar-refractivity contribution in [1.82, 2.24) is 10.3 Å². The molecule has 1 N–H and O–H groups in total. The van der Waals surface area contributed by atoms with Crippen LogP contribution in [0.4, 0.5) is 0 Å². The first-order valence-corrected chi connectivity index (χ1v) is 7.37. The first-order chi connectivity index (χ1) is 8.70. The van der Waals surface area contributed by atoms with Crippen molar-refractivity contribution >= 4 is 22.9 Å². The van der Waals surface area contributed by atoms with Crippen molar-refractivity contribution in [2.75, 3.05) is 0 Å². The Labute approximate surface area is 117 Å². The van der Waals surface area contributed by atoms with E-state index in [4.69, 9.17) is 11.6 Å². The van der Waals surface area contributed by atoms with Crippen LogP contribution in [0.15, 0.2) is 35.8 Å². The third kappa shape index (κ3) is 3.31. The zero-order chi connectivity index (χ0) is 13.0. The van der Waals surface area contributed by atoms with E-state index in [2.05, 4.69) is 30.2 Å². The topological polar surface area (TPSA) is 24.9 Å². The van der Waals surface area contributed by atoms with Crippen molar-refractivity contribution in [2.24, 2.45) is 0 Å². The number of benzene rings is 1. The Kier molecular flexibility index (Phi) is 4.75. The lowest BCUT2D eigenvalue weighted by molar-refractivity contribution is 0.455. The van der Waals surface area contributed by atoms with Crippen LogP contribution >= 0.6 is 22.9 Å². The van der Waals surface area contributed by atoms with Gasteiger partial charge in [0.15, 0.2) is 0 Å². The molecule has 0 bridgehead atoms. The van der Waals surface area contributed by atoms with Gasteiger partial charge in [0.2, 0.25) is 0 Å². The molecule has 2 unspecified atom stereocenters. The van der Waals surface area contributed by atoms with E-state index >= 15 is 0 Å². The van der Waals surface area contributed by atoms with Crippen LogP contribution < -0.4 is 5.32 Å². The van der Waals surface area contributed by atoms with Crippen molar-refractivity contribution in [3.05, 3.63) is 51.4 Å². The van der Waals surface area contributed by atoms with Crippen molar-refractivity contribution in [3.8, 4) is 0 Å². The van der Waals surface area contributed by atoms with E-state index in [0.29, 0.717) is 6.04 Å². The van der Waals surface area contributed by atoms with E-state index < -0.39 is 0 Å². The largest absolute Gasteiger partial charge is 0.301 e. The van der Waals surface area contributed by atoms with E-state index in [1.54, 1.807) is 11.3 Å². The van der Waals surface area contributed by atoms with Crippen LogP contribution in [0.5, 0.6) is 0 Å². The van der Waals surface area contributed by atoms with Crippen molar-refractivity contribution in [1.29, 1.82) is 0 Å². The molecule has 0 radical (unpaired) electrons. The van der Waals surface area contributed by atoms with Gasteiger partial charge in [-0.2, -0.15) is 0 Å². The van der Waals surface area contributed by atoms with Crippen molar-refractivity contribution in [2.45, 2.75) is 32.4 Å². The number of aromatic nitrogens is 1. The van der Waals surface area contributed by atoms with Gasteiger partial charge in [-0.15, -0.1) is 11.3 Å². The number of hydrogen-bond acceptors (Lipinski definition) is 3. The van der Waals surface area contributed by atoms with Gasteiger partial charge in [-0.05, 0) is 31.0 Å². The number of halogens is 1. The SMILES string of the molecule is CCC(NC(C)c1cccc(Cl)c1)c1nccs1. The maximum Gasteiger partial charge on any atom is 0.109 e. The van der Waals surface area contributed by atoms with Gasteiger partial charge < -0.3 is 5.32 Å². The summed E-state index contributed by atoms with van der Waals surface area (Å²) in [5.74, 6) is 0. The van der Waals surface area contributed by atoms with Crippen LogP contribution in [0.2, 0.25) is 5.02 Å². The Morgan fingerprint density at radius 3 is 2.89 bits per heavy atom. The van der Waals surface area contributed by atoms with Gasteiger partial charge >= 0.3 is 0 Å². The fraction of sp³-hybridized carbons (Fsp3) is 0.357. The molecule has 18 heavy (non-hydrogen) atoms. The van der Waals surface area contributed by atoms with Crippen LogP contribution in [0, 0.1) is 0 Å². The van der Waals surface area contributed by atoms with Gasteiger partial charge in [-0.1, -0.05) is 30.7 Å². The molecule has 0 saturated carbocycles. The average Bonchev–Trinajstić information content (AvgIpc) is 2.89. The van der Waals surface area contributed by atoms with E-state index in [1.807, 2.05) is 29.8 Å². The minimum Gasteiger partial charge on any atom is -0.301 e. The van der Waals surface area contributed by atoms with Crippen LogP contribution in [-0.2, 0) is 0 Å². The Bertz CT molecular complexity index is 484. The lowest BCUT2D eigenvalue weighted by Gasteiger charge is -2.21. The van der Waals surface area contributed by atoms with E-state index in [1.165, 1.54) is 5.56 Å². The normalized spacial score (nSPS) is 14.4. The molecular weight excluding hydrogens is 264 g/mol. The van der Waals surface area contributed by atoms with Crippen LogP contribution in [-0.4, -0.2) is 4.98 Å². The third-order valence-corrected chi connectivity index (χ3v) is 4.08. The predicted molar refractivity (Wildman–Crippen MR) is 78.1 cm³/mol. The van der Waals surface area contributed by atoms with Gasteiger partial charge in [0.1, 0.15) is 5.01 Å². The monoisotopic (exact) mass is 280 g/mol. The second-order valence-electron chi connectivity index (χ2n) is 4.27. The molecule has 0 fully saturated rings. The Balaban J connectivity index is 2.08. The summed E-state index contributed by atoms with van der Waals surface area (Å²) < 4.78 is 0. The summed E-state index contributed by atoms with van der Waals surface area (Å²) in [6.45, 7) is 4.33. The molecule has 0 aliphatic heterocycles. The Hall–Kier alpha value is -0.900. The molecule has 0 aliphatic carbocycles. The van der Waals surface area contributed by atoms with Gasteiger partial charge in [0.25, 0.3) is 0 Å². The number of hydrogen-bond donors (Lipinski definition) is 1. The predicted octanol–water partition coefficient (Wildman–Crippen LogP) is 4.60. The summed E-state index contributed by atoms with van der Waals surface area (Å²) in [6.07, 6.45) is 2.88. The van der Waals surface area contributed by atoms with E-state index in [0.717, 1.165) is 16.5 Å². The first kappa shape index (κ1) is 13.5. The minimum atomic E-state index is 0.262. The van der Waals surface area contributed by atoms with Crippen molar-refractivity contribution < 1.29 is 0 Å². The maximum absolute atomic E-state index is 6.02. The fourth-order valence-electron chi connectivity index (χ4n) is 1.94. The van der Waals surface area contributed by atoms with Gasteiger partial charge in [0, 0.05) is 22.6 Å². The number of thiazole rings is 1. The summed E-state index contributed by atoms with van der Waals surface area (Å²) in [5, 5.41) is 7.55. The maximum atomic E-state index is 6.02. The highest BCUT2D eigenvalue weighted by Gasteiger charge is 2.15. The summed E-state index contributed by atoms with van der Waals surface area (Å²) in [5.41, 5.74) is 1.21. The molecule has 2 atom stereocenters. The molecule has 96 valence electrons. The lowest BCUT2D eigenvalue weighted by Crippen LogP contribution is -2.24. The van der Waals surface area contributed by atoms with E-state index in [9.17, 15) is 0 Å². The average molecular weight is 281 g/mol. The van der Waals surface area contributed by atoms with Gasteiger partial charge in [0.05, 0.1) is 6.04 Å². The molecular formula is C14H17ClN2S. The molecule has 0 saturated heterocycles. The highest BCUT2D eigenvalue weighted by atomic mass is 35.5. The summed E-state index contributed by atoms with van der Waals surface area (Å²) in [6, 6.07) is 8.55. The quantitative estimate of drug-likeness (QED) is 0.866. The molecule has 2 rings (SSSR count). The van der Waals surface area contributed by atoms with Crippen LogP contribution in [0.1, 0.15) is 42.9 Å². The second kappa shape index (κ2) is 6.32. The molecule has 0 amide bonds. The summed E-state index contributed by atoms with van der Waals surface area (Å²) in [7, 11) is 0. The third-order valence-electron chi connectivity index (χ3n) is 2.96. The molecule has 0 spiro atoms. The van der Waals surface area contributed by atoms with Crippen molar-refractivity contribution in [3.63, 3.8) is 0 Å². The zero-order valence-corrected chi connectivity index (χ0v) is 12.1. The second-order valence-corrected chi connectivity index (χ2v) is 5.64. The van der Waals surface area contributed by atoms with Crippen LogP contribution in [0.3, 0.4) is 0 Å².